The highest BCUT2D eigenvalue weighted by Crippen LogP contribution is 2.22. The molecule has 1 rings (SSSR count). The molecule has 0 bridgehead atoms. The third kappa shape index (κ3) is 3.20. The van der Waals surface area contributed by atoms with Crippen molar-refractivity contribution in [3.8, 4) is 0 Å². The van der Waals surface area contributed by atoms with Gasteiger partial charge in [0.05, 0.1) is 0 Å². The van der Waals surface area contributed by atoms with Gasteiger partial charge in [0, 0.05) is 5.69 Å². The molecule has 0 radical (unpaired) electrons. The summed E-state index contributed by atoms with van der Waals surface area (Å²) in [6.45, 7) is 5.63. The van der Waals surface area contributed by atoms with Gasteiger partial charge < -0.3 is 15.7 Å². The van der Waals surface area contributed by atoms with E-state index in [9.17, 15) is 9.90 Å². The van der Waals surface area contributed by atoms with Crippen LogP contribution in [-0.4, -0.2) is 22.2 Å². The molecule has 0 aliphatic carbocycles. The van der Waals surface area contributed by atoms with E-state index in [1.807, 2.05) is 45.0 Å². The predicted octanol–water partition coefficient (Wildman–Crippen LogP) is 2.15. The van der Waals surface area contributed by atoms with E-state index in [1.165, 1.54) is 4.90 Å². The lowest BCUT2D eigenvalue weighted by Gasteiger charge is -2.31. The number of nitrogens with zero attached hydrogens (tertiary/aromatic N) is 1. The molecule has 0 spiro atoms. The van der Waals surface area contributed by atoms with Crippen molar-refractivity contribution in [2.45, 2.75) is 26.8 Å². The normalized spacial score (nSPS) is 12.2. The first-order chi connectivity index (χ1) is 8.34. The van der Waals surface area contributed by atoms with Crippen LogP contribution in [0.5, 0.6) is 0 Å². The van der Waals surface area contributed by atoms with E-state index in [1.54, 1.807) is 0 Å². The fraction of sp³-hybridized carbons (Fsp3) is 0.385. The van der Waals surface area contributed by atoms with Crippen LogP contribution >= 0.6 is 12.2 Å². The van der Waals surface area contributed by atoms with Gasteiger partial charge in [-0.3, -0.25) is 0 Å². The summed E-state index contributed by atoms with van der Waals surface area (Å²) >= 11 is 4.99. The molecule has 18 heavy (non-hydrogen) atoms. The third-order valence-electron chi connectivity index (χ3n) is 2.71. The maximum Gasteiger partial charge on any atom is 0.327 e. The van der Waals surface area contributed by atoms with Crippen LogP contribution in [0.25, 0.3) is 0 Å². The molecule has 0 heterocycles. The summed E-state index contributed by atoms with van der Waals surface area (Å²) in [4.78, 5) is 12.9. The minimum absolute atomic E-state index is 0.0694. The summed E-state index contributed by atoms with van der Waals surface area (Å²) in [6, 6.07) is 6.70. The summed E-state index contributed by atoms with van der Waals surface area (Å²) in [5.74, 6) is -1.04. The summed E-state index contributed by atoms with van der Waals surface area (Å²) in [6.07, 6.45) is 0. The smallest absolute Gasteiger partial charge is 0.327 e. The van der Waals surface area contributed by atoms with Gasteiger partial charge in [-0.05, 0) is 37.2 Å². The maximum absolute atomic E-state index is 11.4. The van der Waals surface area contributed by atoms with E-state index in [2.05, 4.69) is 0 Å². The number of anilines is 1. The van der Waals surface area contributed by atoms with Gasteiger partial charge >= 0.3 is 5.97 Å². The number of carboxylic acids is 1. The summed E-state index contributed by atoms with van der Waals surface area (Å²) < 4.78 is 0. The van der Waals surface area contributed by atoms with Crippen LogP contribution in [0, 0.1) is 12.8 Å². The number of hydrogen-bond donors (Lipinski definition) is 2. The summed E-state index contributed by atoms with van der Waals surface area (Å²) in [7, 11) is 0. The minimum Gasteiger partial charge on any atom is -0.480 e. The Labute approximate surface area is 112 Å². The average molecular weight is 266 g/mol. The SMILES string of the molecule is Cc1ccc(N(C(N)=S)C(C(=O)O)C(C)C)cc1. The van der Waals surface area contributed by atoms with Crippen molar-refractivity contribution in [1.29, 1.82) is 0 Å². The first kappa shape index (κ1) is 14.4. The van der Waals surface area contributed by atoms with Crippen LogP contribution in [0.1, 0.15) is 19.4 Å². The van der Waals surface area contributed by atoms with Crippen molar-refractivity contribution in [2.24, 2.45) is 11.7 Å². The minimum atomic E-state index is -0.932. The molecule has 1 aromatic carbocycles. The molecule has 0 amide bonds. The van der Waals surface area contributed by atoms with Crippen LogP contribution in [0.2, 0.25) is 0 Å². The highest BCUT2D eigenvalue weighted by molar-refractivity contribution is 7.80. The Morgan fingerprint density at radius 3 is 2.17 bits per heavy atom. The standard InChI is InChI=1S/C13H18N2O2S/c1-8(2)11(12(16)17)15(13(14)18)10-6-4-9(3)5-7-10/h4-8,11H,1-3H3,(H2,14,18)(H,16,17). The van der Waals surface area contributed by atoms with E-state index in [4.69, 9.17) is 18.0 Å². The second-order valence-electron chi connectivity index (χ2n) is 4.57. The van der Waals surface area contributed by atoms with Crippen LogP contribution in [0.4, 0.5) is 5.69 Å². The van der Waals surface area contributed by atoms with Crippen LogP contribution in [0.15, 0.2) is 24.3 Å². The van der Waals surface area contributed by atoms with Crippen molar-refractivity contribution in [3.05, 3.63) is 29.8 Å². The molecule has 0 aliphatic rings. The van der Waals surface area contributed by atoms with E-state index < -0.39 is 12.0 Å². The number of aryl methyl sites for hydroxylation is 1. The van der Waals surface area contributed by atoms with Gasteiger partial charge in [0.2, 0.25) is 0 Å². The lowest BCUT2D eigenvalue weighted by molar-refractivity contribution is -0.139. The van der Waals surface area contributed by atoms with Crippen molar-refractivity contribution in [2.75, 3.05) is 4.90 Å². The number of rotatable bonds is 4. The molecule has 1 atom stereocenters. The number of thiocarbonyl (C=S) groups is 1. The topological polar surface area (TPSA) is 66.6 Å². The van der Waals surface area contributed by atoms with Crippen molar-refractivity contribution in [3.63, 3.8) is 0 Å². The predicted molar refractivity (Wildman–Crippen MR) is 76.7 cm³/mol. The number of benzene rings is 1. The van der Waals surface area contributed by atoms with Crippen LogP contribution < -0.4 is 10.6 Å². The number of nitrogens with two attached hydrogens (primary N) is 1. The van der Waals surface area contributed by atoms with E-state index in [-0.39, 0.29) is 11.0 Å². The maximum atomic E-state index is 11.4. The fourth-order valence-corrected chi connectivity index (χ4v) is 2.04. The first-order valence-corrected chi connectivity index (χ1v) is 6.13. The molecule has 0 aliphatic heterocycles. The molecule has 98 valence electrons. The van der Waals surface area contributed by atoms with Gasteiger partial charge in [-0.2, -0.15) is 0 Å². The lowest BCUT2D eigenvalue weighted by atomic mass is 10.0. The Kier molecular flexibility index (Phi) is 4.67. The lowest BCUT2D eigenvalue weighted by Crippen LogP contribution is -2.50. The Morgan fingerprint density at radius 2 is 1.83 bits per heavy atom. The molecule has 1 aromatic rings. The first-order valence-electron chi connectivity index (χ1n) is 5.72. The largest absolute Gasteiger partial charge is 0.480 e. The van der Waals surface area contributed by atoms with Gasteiger partial charge in [-0.15, -0.1) is 0 Å². The second kappa shape index (κ2) is 5.82. The van der Waals surface area contributed by atoms with E-state index in [0.29, 0.717) is 5.69 Å². The molecule has 0 saturated carbocycles. The van der Waals surface area contributed by atoms with E-state index >= 15 is 0 Å². The number of aliphatic carboxylic acids is 1. The molecular weight excluding hydrogens is 248 g/mol. The van der Waals surface area contributed by atoms with Crippen molar-refractivity contribution < 1.29 is 9.90 Å². The number of carboxylic acid groups (broad SMARTS) is 1. The third-order valence-corrected chi connectivity index (χ3v) is 2.91. The van der Waals surface area contributed by atoms with Gasteiger partial charge in [-0.1, -0.05) is 31.5 Å². The molecule has 5 heteroatoms. The molecule has 0 saturated heterocycles. The highest BCUT2D eigenvalue weighted by atomic mass is 32.1. The average Bonchev–Trinajstić information content (AvgIpc) is 2.25. The highest BCUT2D eigenvalue weighted by Gasteiger charge is 2.30. The summed E-state index contributed by atoms with van der Waals surface area (Å²) in [5.41, 5.74) is 7.48. The Balaban J connectivity index is 3.20. The molecule has 0 aromatic heterocycles. The second-order valence-corrected chi connectivity index (χ2v) is 4.99. The molecule has 3 N–H and O–H groups in total. The molecule has 1 unspecified atom stereocenters. The van der Waals surface area contributed by atoms with Crippen LogP contribution in [0.3, 0.4) is 0 Å². The Hall–Kier alpha value is -1.62. The fourth-order valence-electron chi connectivity index (χ4n) is 1.82. The van der Waals surface area contributed by atoms with Crippen LogP contribution in [-0.2, 0) is 4.79 Å². The van der Waals surface area contributed by atoms with E-state index in [0.717, 1.165) is 5.56 Å². The Bertz CT molecular complexity index is 443. The molecule has 0 fully saturated rings. The zero-order chi connectivity index (χ0) is 13.9. The summed E-state index contributed by atoms with van der Waals surface area (Å²) in [5, 5.41) is 9.39. The Morgan fingerprint density at radius 1 is 1.33 bits per heavy atom. The zero-order valence-electron chi connectivity index (χ0n) is 10.8. The van der Waals surface area contributed by atoms with Gasteiger partial charge in [0.1, 0.15) is 6.04 Å². The monoisotopic (exact) mass is 266 g/mol. The van der Waals surface area contributed by atoms with Gasteiger partial charge in [-0.25, -0.2) is 4.79 Å². The van der Waals surface area contributed by atoms with Crippen molar-refractivity contribution in [1.82, 2.24) is 0 Å². The van der Waals surface area contributed by atoms with Gasteiger partial charge in [0.15, 0.2) is 5.11 Å². The number of hydrogen-bond acceptors (Lipinski definition) is 2. The quantitative estimate of drug-likeness (QED) is 0.817. The van der Waals surface area contributed by atoms with Gasteiger partial charge in [0.25, 0.3) is 0 Å². The van der Waals surface area contributed by atoms with Crippen molar-refractivity contribution >= 4 is 29.0 Å². The zero-order valence-corrected chi connectivity index (χ0v) is 11.6. The molecular formula is C13H18N2O2S. The number of carbonyl (C=O) groups is 1. The molecule has 4 nitrogen and oxygen atoms in total.